The molecule has 1 aromatic rings. The maximum absolute atomic E-state index is 7.75. The molecular weight excluding hydrogens is 236 g/mol. The predicted molar refractivity (Wildman–Crippen MR) is 77.6 cm³/mol. The molecule has 3 N–H and O–H groups in total. The molecule has 1 aliphatic carbocycles. The average molecular weight is 258 g/mol. The number of nitrogens with one attached hydrogen (secondary N) is 1. The Bertz CT molecular complexity index is 469. The molecule has 1 aromatic heterocycles. The molecule has 19 heavy (non-hydrogen) atoms. The van der Waals surface area contributed by atoms with E-state index in [0.717, 1.165) is 23.7 Å². The van der Waals surface area contributed by atoms with E-state index in [4.69, 9.17) is 11.1 Å². The topological polar surface area (TPSA) is 66.0 Å². The van der Waals surface area contributed by atoms with Crippen molar-refractivity contribution in [2.24, 2.45) is 11.7 Å². The van der Waals surface area contributed by atoms with Crippen LogP contribution in [-0.2, 0) is 0 Å². The van der Waals surface area contributed by atoms with Crippen LogP contribution in [0.5, 0.6) is 0 Å². The number of nitrogen functional groups attached to an aromatic ring is 1. The van der Waals surface area contributed by atoms with Crippen LogP contribution in [0.15, 0.2) is 18.5 Å². The first-order valence-corrected chi connectivity index (χ1v) is 7.32. The van der Waals surface area contributed by atoms with E-state index in [1.807, 2.05) is 12.3 Å². The molecular formula is C15H22N4. The van der Waals surface area contributed by atoms with Crippen LogP contribution in [0.2, 0.25) is 0 Å². The summed E-state index contributed by atoms with van der Waals surface area (Å²) in [5.74, 6) is 0.970. The zero-order valence-corrected chi connectivity index (χ0v) is 11.3. The highest BCUT2D eigenvalue weighted by Gasteiger charge is 2.34. The van der Waals surface area contributed by atoms with Crippen molar-refractivity contribution < 1.29 is 0 Å². The van der Waals surface area contributed by atoms with Gasteiger partial charge in [-0.25, -0.2) is 0 Å². The van der Waals surface area contributed by atoms with Crippen molar-refractivity contribution in [2.75, 3.05) is 11.4 Å². The van der Waals surface area contributed by atoms with Gasteiger partial charge in [0.15, 0.2) is 0 Å². The van der Waals surface area contributed by atoms with E-state index >= 15 is 0 Å². The highest BCUT2D eigenvalue weighted by molar-refractivity contribution is 6.00. The number of nitrogens with zero attached hydrogens (tertiary/aromatic N) is 2. The normalized spacial score (nSPS) is 26.8. The summed E-state index contributed by atoms with van der Waals surface area (Å²) in [6.45, 7) is 1.08. The fourth-order valence-electron chi connectivity index (χ4n) is 3.77. The third kappa shape index (κ3) is 2.31. The van der Waals surface area contributed by atoms with E-state index < -0.39 is 0 Å². The van der Waals surface area contributed by atoms with E-state index in [2.05, 4.69) is 9.88 Å². The van der Waals surface area contributed by atoms with Crippen LogP contribution in [0.1, 0.15) is 44.1 Å². The Morgan fingerprint density at radius 1 is 1.26 bits per heavy atom. The summed E-state index contributed by atoms with van der Waals surface area (Å²) in [6.07, 6.45) is 11.5. The fraction of sp³-hybridized carbons (Fsp3) is 0.600. The number of fused-ring (bicyclic) bond motifs is 1. The highest BCUT2D eigenvalue weighted by atomic mass is 15.2. The van der Waals surface area contributed by atoms with Crippen LogP contribution < -0.4 is 10.6 Å². The number of pyridine rings is 1. The van der Waals surface area contributed by atoms with Gasteiger partial charge < -0.3 is 10.6 Å². The van der Waals surface area contributed by atoms with Crippen molar-refractivity contribution >= 4 is 11.5 Å². The first-order valence-electron chi connectivity index (χ1n) is 7.32. The number of piperidine rings is 1. The van der Waals surface area contributed by atoms with Crippen molar-refractivity contribution in [1.82, 2.24) is 4.98 Å². The predicted octanol–water partition coefficient (Wildman–Crippen LogP) is 2.52. The van der Waals surface area contributed by atoms with Gasteiger partial charge in [0.2, 0.25) is 0 Å². The molecule has 3 rings (SSSR count). The van der Waals surface area contributed by atoms with E-state index in [1.165, 1.54) is 38.5 Å². The van der Waals surface area contributed by atoms with E-state index in [1.54, 1.807) is 6.20 Å². The first kappa shape index (κ1) is 12.5. The molecule has 4 heteroatoms. The summed E-state index contributed by atoms with van der Waals surface area (Å²) in [5.41, 5.74) is 7.61. The Balaban J connectivity index is 1.94. The van der Waals surface area contributed by atoms with Gasteiger partial charge in [0.1, 0.15) is 5.84 Å². The van der Waals surface area contributed by atoms with Gasteiger partial charge in [0, 0.05) is 24.3 Å². The van der Waals surface area contributed by atoms with Crippen molar-refractivity contribution in [3.05, 3.63) is 24.0 Å². The molecule has 2 aliphatic rings. The molecule has 1 saturated carbocycles. The summed E-state index contributed by atoms with van der Waals surface area (Å²) in [7, 11) is 0. The molecule has 2 heterocycles. The minimum absolute atomic E-state index is 0.148. The van der Waals surface area contributed by atoms with Crippen LogP contribution in [0.25, 0.3) is 0 Å². The molecule has 0 spiro atoms. The lowest BCUT2D eigenvalue weighted by molar-refractivity contribution is 0.243. The summed E-state index contributed by atoms with van der Waals surface area (Å²) in [5, 5.41) is 7.75. The van der Waals surface area contributed by atoms with Crippen molar-refractivity contribution in [3.8, 4) is 0 Å². The summed E-state index contributed by atoms with van der Waals surface area (Å²) in [6, 6.07) is 2.49. The smallest absolute Gasteiger partial charge is 0.125 e. The lowest BCUT2D eigenvalue weighted by Crippen LogP contribution is -2.47. The van der Waals surface area contributed by atoms with Crippen molar-refractivity contribution in [2.45, 2.75) is 44.6 Å². The third-order valence-electron chi connectivity index (χ3n) is 4.64. The standard InChI is InChI=1S/C15H22N4/c16-15(17)12-7-8-18-10-14(12)19-9-3-5-11-4-1-2-6-13(11)19/h7-8,10-11,13H,1-6,9H2,(H3,16,17). The number of rotatable bonds is 2. The van der Waals surface area contributed by atoms with Gasteiger partial charge in [0.25, 0.3) is 0 Å². The minimum atomic E-state index is 0.148. The summed E-state index contributed by atoms with van der Waals surface area (Å²) >= 11 is 0. The highest BCUT2D eigenvalue weighted by Crippen LogP contribution is 2.38. The monoisotopic (exact) mass is 258 g/mol. The van der Waals surface area contributed by atoms with E-state index in [0.29, 0.717) is 6.04 Å². The maximum atomic E-state index is 7.75. The van der Waals surface area contributed by atoms with Gasteiger partial charge in [-0.1, -0.05) is 12.8 Å². The van der Waals surface area contributed by atoms with Crippen LogP contribution >= 0.6 is 0 Å². The largest absolute Gasteiger partial charge is 0.384 e. The number of amidine groups is 1. The summed E-state index contributed by atoms with van der Waals surface area (Å²) < 4.78 is 0. The Morgan fingerprint density at radius 2 is 2.05 bits per heavy atom. The number of nitrogens with two attached hydrogens (primary N) is 1. The molecule has 102 valence electrons. The van der Waals surface area contributed by atoms with E-state index in [-0.39, 0.29) is 5.84 Å². The second kappa shape index (κ2) is 5.19. The van der Waals surface area contributed by atoms with Crippen molar-refractivity contribution in [1.29, 1.82) is 5.41 Å². The van der Waals surface area contributed by atoms with Gasteiger partial charge >= 0.3 is 0 Å². The Hall–Kier alpha value is -1.58. The number of anilines is 1. The number of hydrogen-bond donors (Lipinski definition) is 2. The van der Waals surface area contributed by atoms with Crippen molar-refractivity contribution in [3.63, 3.8) is 0 Å². The first-order chi connectivity index (χ1) is 9.27. The van der Waals surface area contributed by atoms with Gasteiger partial charge in [-0.3, -0.25) is 10.4 Å². The molecule has 4 nitrogen and oxygen atoms in total. The molecule has 1 aliphatic heterocycles. The Labute approximate surface area is 114 Å². The molecule has 2 fully saturated rings. The molecule has 1 saturated heterocycles. The number of hydrogen-bond acceptors (Lipinski definition) is 3. The molecule has 0 radical (unpaired) electrons. The summed E-state index contributed by atoms with van der Waals surface area (Å²) in [4.78, 5) is 6.72. The van der Waals surface area contributed by atoms with Gasteiger partial charge in [-0.2, -0.15) is 0 Å². The van der Waals surface area contributed by atoms with Crippen LogP contribution in [0, 0.1) is 11.3 Å². The zero-order chi connectivity index (χ0) is 13.2. The van der Waals surface area contributed by atoms with Crippen LogP contribution in [0.3, 0.4) is 0 Å². The minimum Gasteiger partial charge on any atom is -0.384 e. The van der Waals surface area contributed by atoms with Crippen LogP contribution in [0.4, 0.5) is 5.69 Å². The molecule has 0 aromatic carbocycles. The molecule has 2 atom stereocenters. The van der Waals surface area contributed by atoms with Gasteiger partial charge in [-0.05, 0) is 37.7 Å². The molecule has 0 bridgehead atoms. The second-order valence-electron chi connectivity index (χ2n) is 5.75. The maximum Gasteiger partial charge on any atom is 0.125 e. The quantitative estimate of drug-likeness (QED) is 0.633. The third-order valence-corrected chi connectivity index (χ3v) is 4.64. The zero-order valence-electron chi connectivity index (χ0n) is 11.3. The Kier molecular flexibility index (Phi) is 3.40. The van der Waals surface area contributed by atoms with Gasteiger partial charge in [0.05, 0.1) is 11.9 Å². The van der Waals surface area contributed by atoms with E-state index in [9.17, 15) is 0 Å². The molecule has 2 unspecified atom stereocenters. The Morgan fingerprint density at radius 3 is 2.89 bits per heavy atom. The van der Waals surface area contributed by atoms with Gasteiger partial charge in [-0.15, -0.1) is 0 Å². The number of aromatic nitrogens is 1. The lowest BCUT2D eigenvalue weighted by Gasteiger charge is -2.45. The molecule has 0 amide bonds. The average Bonchev–Trinajstić information content (AvgIpc) is 2.46. The fourth-order valence-corrected chi connectivity index (χ4v) is 3.77. The lowest BCUT2D eigenvalue weighted by atomic mass is 9.78. The second-order valence-corrected chi connectivity index (χ2v) is 5.75. The SMILES string of the molecule is N=C(N)c1ccncc1N1CCCC2CCCCC21. The van der Waals surface area contributed by atoms with Crippen LogP contribution in [-0.4, -0.2) is 23.4 Å².